The molecule has 76 valence electrons. The summed E-state index contributed by atoms with van der Waals surface area (Å²) in [4.78, 5) is 34.0. The Hall–Kier alpha value is -1.85. The molecule has 0 aromatic carbocycles. The molecule has 0 saturated carbocycles. The first-order valence-corrected chi connectivity index (χ1v) is 4.09. The Morgan fingerprint density at radius 1 is 1.43 bits per heavy atom. The van der Waals surface area contributed by atoms with Crippen molar-refractivity contribution in [3.63, 3.8) is 0 Å². The zero-order valence-electron chi connectivity index (χ0n) is 7.93. The van der Waals surface area contributed by atoms with Gasteiger partial charge in [-0.05, 0) is 0 Å². The average Bonchev–Trinajstić information content (AvgIpc) is 2.12. The minimum Gasteiger partial charge on any atom is -0.335 e. The summed E-state index contributed by atoms with van der Waals surface area (Å²) >= 11 is 0. The van der Waals surface area contributed by atoms with Crippen molar-refractivity contribution >= 4 is 5.91 Å². The van der Waals surface area contributed by atoms with Gasteiger partial charge in [0.25, 0.3) is 5.56 Å². The highest BCUT2D eigenvalue weighted by Crippen LogP contribution is 1.93. The lowest BCUT2D eigenvalue weighted by atomic mass is 10.2. The normalized spacial score (nSPS) is 10.5. The Bertz CT molecular complexity index is 469. The third-order valence-corrected chi connectivity index (χ3v) is 1.72. The fourth-order valence-electron chi connectivity index (χ4n) is 0.953. The Morgan fingerprint density at radius 3 is 2.50 bits per heavy atom. The van der Waals surface area contributed by atoms with Gasteiger partial charge in [0.15, 0.2) is 0 Å². The van der Waals surface area contributed by atoms with E-state index >= 15 is 0 Å². The monoisotopic (exact) mass is 197 g/mol. The SMILES string of the molecule is CC(C)C(=O)n1c(=O)ccn(N)c1=O. The highest BCUT2D eigenvalue weighted by atomic mass is 16.2. The highest BCUT2D eigenvalue weighted by Gasteiger charge is 2.15. The van der Waals surface area contributed by atoms with E-state index in [4.69, 9.17) is 5.84 Å². The van der Waals surface area contributed by atoms with Crippen LogP contribution in [0.3, 0.4) is 0 Å². The van der Waals surface area contributed by atoms with Crippen LogP contribution in [0.4, 0.5) is 0 Å². The predicted molar refractivity (Wildman–Crippen MR) is 50.6 cm³/mol. The largest absolute Gasteiger partial charge is 0.356 e. The van der Waals surface area contributed by atoms with Gasteiger partial charge in [-0.3, -0.25) is 9.59 Å². The van der Waals surface area contributed by atoms with E-state index in [0.717, 1.165) is 12.3 Å². The number of nitrogen functional groups attached to an aromatic ring is 1. The van der Waals surface area contributed by atoms with Crippen molar-refractivity contribution in [1.82, 2.24) is 9.24 Å². The quantitative estimate of drug-likeness (QED) is 0.586. The average molecular weight is 197 g/mol. The first-order valence-electron chi connectivity index (χ1n) is 4.09. The lowest BCUT2D eigenvalue weighted by Gasteiger charge is -2.06. The van der Waals surface area contributed by atoms with E-state index in [1.54, 1.807) is 13.8 Å². The smallest absolute Gasteiger partial charge is 0.335 e. The minimum atomic E-state index is -0.823. The van der Waals surface area contributed by atoms with Crippen LogP contribution in [0.5, 0.6) is 0 Å². The number of hydrogen-bond donors (Lipinski definition) is 1. The molecule has 1 aromatic heterocycles. The second kappa shape index (κ2) is 3.49. The van der Waals surface area contributed by atoms with Gasteiger partial charge in [-0.15, -0.1) is 0 Å². The van der Waals surface area contributed by atoms with Gasteiger partial charge >= 0.3 is 5.69 Å². The summed E-state index contributed by atoms with van der Waals surface area (Å²) in [6, 6.07) is 1.07. The van der Waals surface area contributed by atoms with E-state index in [0.29, 0.717) is 9.24 Å². The summed E-state index contributed by atoms with van der Waals surface area (Å²) in [7, 11) is 0. The summed E-state index contributed by atoms with van der Waals surface area (Å²) < 4.78 is 1.23. The molecule has 0 aliphatic heterocycles. The van der Waals surface area contributed by atoms with E-state index < -0.39 is 23.1 Å². The van der Waals surface area contributed by atoms with Gasteiger partial charge in [0.05, 0.1) is 0 Å². The summed E-state index contributed by atoms with van der Waals surface area (Å²) in [5.41, 5.74) is -1.48. The third-order valence-electron chi connectivity index (χ3n) is 1.72. The fourth-order valence-corrected chi connectivity index (χ4v) is 0.953. The van der Waals surface area contributed by atoms with E-state index in [-0.39, 0.29) is 0 Å². The minimum absolute atomic E-state index is 0.428. The van der Waals surface area contributed by atoms with Crippen LogP contribution in [0, 0.1) is 5.92 Å². The number of carbonyl (C=O) groups is 1. The van der Waals surface area contributed by atoms with Crippen molar-refractivity contribution in [3.8, 4) is 0 Å². The van der Waals surface area contributed by atoms with Crippen LogP contribution in [-0.4, -0.2) is 15.2 Å². The molecular weight excluding hydrogens is 186 g/mol. The molecule has 0 fully saturated rings. The fraction of sp³-hybridized carbons (Fsp3) is 0.375. The van der Waals surface area contributed by atoms with Crippen LogP contribution in [0.15, 0.2) is 21.9 Å². The number of nitrogens with two attached hydrogens (primary N) is 1. The number of aromatic nitrogens is 2. The third kappa shape index (κ3) is 1.59. The molecule has 6 heteroatoms. The Morgan fingerprint density at radius 2 is 2.00 bits per heavy atom. The number of hydrogen-bond acceptors (Lipinski definition) is 4. The van der Waals surface area contributed by atoms with E-state index in [1.165, 1.54) is 0 Å². The molecule has 14 heavy (non-hydrogen) atoms. The molecule has 1 rings (SSSR count). The zero-order chi connectivity index (χ0) is 10.9. The Kier molecular flexibility index (Phi) is 2.55. The van der Waals surface area contributed by atoms with E-state index in [2.05, 4.69) is 0 Å². The van der Waals surface area contributed by atoms with Gasteiger partial charge in [-0.25, -0.2) is 9.47 Å². The van der Waals surface area contributed by atoms with Crippen molar-refractivity contribution in [1.29, 1.82) is 0 Å². The summed E-state index contributed by atoms with van der Waals surface area (Å²) in [5, 5.41) is 0. The maximum atomic E-state index is 11.4. The van der Waals surface area contributed by atoms with E-state index in [9.17, 15) is 14.4 Å². The van der Waals surface area contributed by atoms with Crippen LogP contribution >= 0.6 is 0 Å². The van der Waals surface area contributed by atoms with Crippen molar-refractivity contribution < 1.29 is 4.79 Å². The second-order valence-electron chi connectivity index (χ2n) is 3.17. The first-order chi connectivity index (χ1) is 6.45. The van der Waals surface area contributed by atoms with Crippen LogP contribution < -0.4 is 17.1 Å². The van der Waals surface area contributed by atoms with Gasteiger partial charge in [0.2, 0.25) is 5.91 Å². The molecule has 2 N–H and O–H groups in total. The molecule has 1 heterocycles. The van der Waals surface area contributed by atoms with Crippen molar-refractivity contribution in [3.05, 3.63) is 33.1 Å². The number of rotatable bonds is 1. The molecule has 6 nitrogen and oxygen atoms in total. The summed E-state index contributed by atoms with van der Waals surface area (Å²) in [5.74, 6) is 4.24. The van der Waals surface area contributed by atoms with Gasteiger partial charge in [-0.1, -0.05) is 13.8 Å². The standard InChI is InChI=1S/C8H11N3O3/c1-5(2)7(13)11-6(12)3-4-10(9)8(11)14/h3-5H,9H2,1-2H3. The van der Waals surface area contributed by atoms with Gasteiger partial charge in [0, 0.05) is 18.2 Å². The molecule has 0 atom stereocenters. The Balaban J connectivity index is 3.49. The van der Waals surface area contributed by atoms with Gasteiger partial charge in [-0.2, -0.15) is 4.57 Å². The highest BCUT2D eigenvalue weighted by molar-refractivity contribution is 5.80. The number of nitrogens with zero attached hydrogens (tertiary/aromatic N) is 2. The van der Waals surface area contributed by atoms with E-state index in [1.807, 2.05) is 0 Å². The lowest BCUT2D eigenvalue weighted by molar-refractivity contribution is 0.0843. The first kappa shape index (κ1) is 10.2. The number of carbonyl (C=O) groups excluding carboxylic acids is 1. The molecule has 0 aliphatic rings. The van der Waals surface area contributed by atoms with Crippen molar-refractivity contribution in [2.45, 2.75) is 13.8 Å². The lowest BCUT2D eigenvalue weighted by Crippen LogP contribution is -2.46. The molecule has 0 radical (unpaired) electrons. The maximum absolute atomic E-state index is 11.4. The topological polar surface area (TPSA) is 87.1 Å². The van der Waals surface area contributed by atoms with Crippen molar-refractivity contribution in [2.24, 2.45) is 5.92 Å². The van der Waals surface area contributed by atoms with Gasteiger partial charge in [0.1, 0.15) is 0 Å². The van der Waals surface area contributed by atoms with Crippen LogP contribution in [0.1, 0.15) is 18.6 Å². The molecule has 0 amide bonds. The molecule has 0 unspecified atom stereocenters. The van der Waals surface area contributed by atoms with Gasteiger partial charge < -0.3 is 5.84 Å². The molecule has 0 aliphatic carbocycles. The van der Waals surface area contributed by atoms with Crippen molar-refractivity contribution in [2.75, 3.05) is 5.84 Å². The van der Waals surface area contributed by atoms with Crippen LogP contribution in [-0.2, 0) is 0 Å². The molecule has 1 aromatic rings. The molecule has 0 bridgehead atoms. The molecular formula is C8H11N3O3. The molecule has 0 spiro atoms. The Labute approximate surface area is 79.5 Å². The second-order valence-corrected chi connectivity index (χ2v) is 3.17. The van der Waals surface area contributed by atoms with Crippen LogP contribution in [0.25, 0.3) is 0 Å². The zero-order valence-corrected chi connectivity index (χ0v) is 7.93. The van der Waals surface area contributed by atoms with Crippen LogP contribution in [0.2, 0.25) is 0 Å². The maximum Gasteiger partial charge on any atom is 0.356 e. The summed E-state index contributed by atoms with van der Waals surface area (Å²) in [6.45, 7) is 3.20. The predicted octanol–water partition coefficient (Wildman–Crippen LogP) is -0.980. The summed E-state index contributed by atoms with van der Waals surface area (Å²) in [6.07, 6.45) is 1.12. The molecule has 0 saturated heterocycles.